The van der Waals surface area contributed by atoms with Gasteiger partial charge in [0.25, 0.3) is 5.91 Å². The third-order valence-corrected chi connectivity index (χ3v) is 9.44. The Morgan fingerprint density at radius 3 is 2.16 bits per heavy atom. The van der Waals surface area contributed by atoms with Crippen molar-refractivity contribution < 1.29 is 22.8 Å². The molecule has 0 spiro atoms. The van der Waals surface area contributed by atoms with Crippen LogP contribution in [-0.2, 0) is 4.79 Å². The summed E-state index contributed by atoms with van der Waals surface area (Å²) in [6.07, 6.45) is 11.6. The molecular formula is C32H42F3N7O2. The molecule has 2 fully saturated rings. The number of nitrogens with zero attached hydrogens (tertiary/aromatic N) is 4. The van der Waals surface area contributed by atoms with E-state index in [1.54, 1.807) is 26.0 Å². The Morgan fingerprint density at radius 2 is 1.61 bits per heavy atom. The van der Waals surface area contributed by atoms with Gasteiger partial charge in [0.05, 0.1) is 5.69 Å². The fourth-order valence-electron chi connectivity index (χ4n) is 7.32. The second kappa shape index (κ2) is 14.4. The van der Waals surface area contributed by atoms with Crippen LogP contribution in [0.25, 0.3) is 11.1 Å². The minimum atomic E-state index is -1.24. The molecule has 3 aromatic heterocycles. The molecule has 0 radical (unpaired) electrons. The summed E-state index contributed by atoms with van der Waals surface area (Å²) >= 11 is 0. The summed E-state index contributed by atoms with van der Waals surface area (Å²) in [5.74, 6) is -1.57. The van der Waals surface area contributed by atoms with Crippen molar-refractivity contribution in [3.63, 3.8) is 0 Å². The number of hydrogen-bond donors (Lipinski definition) is 3. The first-order valence-electron chi connectivity index (χ1n) is 15.8. The topological polar surface area (TPSA) is 118 Å². The maximum absolute atomic E-state index is 15.3. The number of hydrogen-bond acceptors (Lipinski definition) is 5. The predicted octanol–water partition coefficient (Wildman–Crippen LogP) is 6.42. The van der Waals surface area contributed by atoms with Gasteiger partial charge in [-0.05, 0) is 49.8 Å². The molecule has 5 rings (SSSR count). The number of carbonyl (C=O) groups excluding carboxylic acids is 2. The summed E-state index contributed by atoms with van der Waals surface area (Å²) in [6.45, 7) is 1.51. The second-order valence-electron chi connectivity index (χ2n) is 12.3. The normalized spacial score (nSPS) is 17.2. The maximum Gasteiger partial charge on any atom is 0.270 e. The predicted molar refractivity (Wildman–Crippen MR) is 161 cm³/mol. The van der Waals surface area contributed by atoms with Crippen molar-refractivity contribution in [3.8, 4) is 11.1 Å². The van der Waals surface area contributed by atoms with Crippen LogP contribution in [0.15, 0.2) is 24.4 Å². The molecule has 2 aliphatic carbocycles. The number of anilines is 1. The Labute approximate surface area is 255 Å². The number of pyridine rings is 1. The number of aryl methyl sites for hydroxylation is 2. The zero-order valence-electron chi connectivity index (χ0n) is 25.4. The van der Waals surface area contributed by atoms with Gasteiger partial charge in [-0.2, -0.15) is 14.6 Å². The second-order valence-corrected chi connectivity index (χ2v) is 12.3. The van der Waals surface area contributed by atoms with Gasteiger partial charge in [-0.25, -0.2) is 13.8 Å². The lowest BCUT2D eigenvalue weighted by atomic mass is 9.66. The number of halogens is 3. The molecule has 0 bridgehead atoms. The number of H-pyrrole nitrogens is 1. The standard InChI is InChI=1S/C32H42F3N7O2/c1-19-27(20(2)41-40-19)24-13-14-26(37-30(24)35)38-32(44)29(39-31(43)25-15-16-36-42(25)23(17-33)18-34)28(21-9-5-3-6-10-21)22-11-7-4-8-12-22/h13-16,21-23,28-29H,3-12,17-18H2,1-2H3,(H,39,43)(H,40,41)(H,37,38,44). The Kier molecular flexibility index (Phi) is 10.4. The molecule has 3 aromatic rings. The molecule has 1 unspecified atom stereocenters. The molecule has 12 heteroatoms. The van der Waals surface area contributed by atoms with Gasteiger partial charge < -0.3 is 10.6 Å². The summed E-state index contributed by atoms with van der Waals surface area (Å²) < 4.78 is 43.5. The summed E-state index contributed by atoms with van der Waals surface area (Å²) in [5.41, 5.74) is 2.19. The first-order valence-corrected chi connectivity index (χ1v) is 15.8. The van der Waals surface area contributed by atoms with Gasteiger partial charge in [-0.3, -0.25) is 19.4 Å². The summed E-state index contributed by atoms with van der Waals surface area (Å²) in [6, 6.07) is 2.30. The fraction of sp³-hybridized carbons (Fsp3) is 0.594. The number of carbonyl (C=O) groups is 2. The van der Waals surface area contributed by atoms with Crippen LogP contribution in [0.1, 0.15) is 92.1 Å². The number of aromatic nitrogens is 5. The van der Waals surface area contributed by atoms with Crippen LogP contribution in [-0.4, -0.2) is 56.2 Å². The van der Waals surface area contributed by atoms with E-state index >= 15 is 4.39 Å². The Balaban J connectivity index is 1.47. The largest absolute Gasteiger partial charge is 0.339 e. The van der Waals surface area contributed by atoms with Gasteiger partial charge in [0.15, 0.2) is 0 Å². The van der Waals surface area contributed by atoms with Crippen molar-refractivity contribution in [2.75, 3.05) is 18.7 Å². The first kappa shape index (κ1) is 31.7. The Morgan fingerprint density at radius 1 is 0.977 bits per heavy atom. The van der Waals surface area contributed by atoms with Crippen LogP contribution in [0.4, 0.5) is 19.0 Å². The zero-order valence-corrected chi connectivity index (χ0v) is 25.4. The molecule has 238 valence electrons. The van der Waals surface area contributed by atoms with Crippen LogP contribution in [0.2, 0.25) is 0 Å². The summed E-state index contributed by atoms with van der Waals surface area (Å²) in [7, 11) is 0. The lowest BCUT2D eigenvalue weighted by Gasteiger charge is -2.42. The van der Waals surface area contributed by atoms with E-state index in [1.165, 1.54) is 12.3 Å². The van der Waals surface area contributed by atoms with Gasteiger partial charge >= 0.3 is 0 Å². The van der Waals surface area contributed by atoms with Crippen molar-refractivity contribution in [2.45, 2.75) is 90.1 Å². The van der Waals surface area contributed by atoms with Crippen molar-refractivity contribution in [3.05, 3.63) is 47.4 Å². The number of nitrogens with one attached hydrogen (secondary N) is 3. The summed E-state index contributed by atoms with van der Waals surface area (Å²) in [4.78, 5) is 31.9. The highest BCUT2D eigenvalue weighted by Gasteiger charge is 2.41. The molecule has 3 heterocycles. The molecule has 0 aliphatic heterocycles. The minimum absolute atomic E-state index is 0.0199. The molecule has 1 atom stereocenters. The average molecular weight is 614 g/mol. The molecule has 2 amide bonds. The van der Waals surface area contributed by atoms with Gasteiger partial charge in [-0.1, -0.05) is 64.2 Å². The fourth-order valence-corrected chi connectivity index (χ4v) is 7.32. The highest BCUT2D eigenvalue weighted by molar-refractivity contribution is 6.00. The monoisotopic (exact) mass is 613 g/mol. The highest BCUT2D eigenvalue weighted by atomic mass is 19.1. The van der Waals surface area contributed by atoms with Gasteiger partial charge in [0, 0.05) is 23.0 Å². The molecule has 3 N–H and O–H groups in total. The molecule has 9 nitrogen and oxygen atoms in total. The molecule has 44 heavy (non-hydrogen) atoms. The number of amides is 2. The van der Waals surface area contributed by atoms with Crippen molar-refractivity contribution in [1.82, 2.24) is 30.3 Å². The van der Waals surface area contributed by atoms with Crippen LogP contribution in [0.3, 0.4) is 0 Å². The van der Waals surface area contributed by atoms with Crippen molar-refractivity contribution in [1.29, 1.82) is 0 Å². The van der Waals surface area contributed by atoms with Crippen LogP contribution < -0.4 is 10.6 Å². The van der Waals surface area contributed by atoms with E-state index in [-0.39, 0.29) is 34.8 Å². The SMILES string of the molecule is Cc1n[nH]c(C)c1-c1ccc(NC(=O)C(NC(=O)c2ccnn2C(CF)CF)C(C2CCCCC2)C2CCCCC2)nc1F. The molecule has 2 aliphatic rings. The van der Waals surface area contributed by atoms with E-state index in [9.17, 15) is 18.4 Å². The molecule has 0 aromatic carbocycles. The smallest absolute Gasteiger partial charge is 0.270 e. The van der Waals surface area contributed by atoms with E-state index in [0.717, 1.165) is 68.9 Å². The van der Waals surface area contributed by atoms with E-state index in [0.29, 0.717) is 17.0 Å². The molecule has 0 saturated heterocycles. The van der Waals surface area contributed by atoms with Crippen molar-refractivity contribution in [2.24, 2.45) is 17.8 Å². The number of aromatic amines is 1. The Hall–Kier alpha value is -3.70. The lowest BCUT2D eigenvalue weighted by Crippen LogP contribution is -2.53. The van der Waals surface area contributed by atoms with Gasteiger partial charge in [0.2, 0.25) is 11.9 Å². The van der Waals surface area contributed by atoms with E-state index in [2.05, 4.69) is 30.9 Å². The average Bonchev–Trinajstić information content (AvgIpc) is 3.65. The van der Waals surface area contributed by atoms with E-state index in [1.807, 2.05) is 0 Å². The minimum Gasteiger partial charge on any atom is -0.339 e. The zero-order chi connectivity index (χ0) is 31.2. The third kappa shape index (κ3) is 6.83. The van der Waals surface area contributed by atoms with E-state index in [4.69, 9.17) is 0 Å². The van der Waals surface area contributed by atoms with Crippen molar-refractivity contribution >= 4 is 17.6 Å². The third-order valence-electron chi connectivity index (χ3n) is 9.44. The Bertz CT molecular complexity index is 1390. The maximum atomic E-state index is 15.3. The lowest BCUT2D eigenvalue weighted by molar-refractivity contribution is -0.121. The van der Waals surface area contributed by atoms with Crippen LogP contribution >= 0.6 is 0 Å². The van der Waals surface area contributed by atoms with Crippen LogP contribution in [0, 0.1) is 37.5 Å². The van der Waals surface area contributed by atoms with Gasteiger partial charge in [0.1, 0.15) is 36.9 Å². The molecule has 2 saturated carbocycles. The summed E-state index contributed by atoms with van der Waals surface area (Å²) in [5, 5.41) is 16.7. The van der Waals surface area contributed by atoms with E-state index < -0.39 is 43.2 Å². The van der Waals surface area contributed by atoms with Crippen LogP contribution in [0.5, 0.6) is 0 Å². The first-order chi connectivity index (χ1) is 21.3. The number of rotatable bonds is 11. The molecular weight excluding hydrogens is 571 g/mol. The quantitative estimate of drug-likeness (QED) is 0.216. The number of alkyl halides is 2. The van der Waals surface area contributed by atoms with Gasteiger partial charge in [-0.15, -0.1) is 0 Å². The highest BCUT2D eigenvalue weighted by Crippen LogP contribution is 2.42.